The van der Waals surface area contributed by atoms with Crippen LogP contribution in [0.2, 0.25) is 0 Å². The molecule has 0 rings (SSSR count). The van der Waals surface area contributed by atoms with Crippen molar-refractivity contribution in [2.24, 2.45) is 10.9 Å². The summed E-state index contributed by atoms with van der Waals surface area (Å²) < 4.78 is 11.1. The number of ether oxygens (including phenoxy) is 2. The van der Waals surface area contributed by atoms with Gasteiger partial charge >= 0.3 is 6.09 Å². The number of guanidine groups is 1. The van der Waals surface area contributed by atoms with E-state index in [1.54, 1.807) is 19.0 Å². The van der Waals surface area contributed by atoms with Gasteiger partial charge in [-0.1, -0.05) is 13.8 Å². The maximum absolute atomic E-state index is 11.9. The maximum atomic E-state index is 11.9. The fourth-order valence-corrected chi connectivity index (χ4v) is 2.15. The molecule has 0 aromatic heterocycles. The largest absolute Gasteiger partial charge is 0.444 e. The van der Waals surface area contributed by atoms with Gasteiger partial charge in [-0.15, -0.1) is 0 Å². The monoisotopic (exact) mass is 358 g/mol. The van der Waals surface area contributed by atoms with Crippen LogP contribution in [-0.2, 0) is 9.47 Å². The number of likely N-dealkylation sites (N-methyl/N-ethyl adjacent to an activating group) is 1. The van der Waals surface area contributed by atoms with Crippen molar-refractivity contribution in [1.82, 2.24) is 15.5 Å². The standard InChI is InChI=1S/C18H38N4O3/c1-9-24-15(14(2)3)10-11-20-16(19-7)21-12-13-22(8)17(23)25-18(4,5)6/h14-15H,9-13H2,1-8H3,(H2,19,20,21). The molecule has 0 aliphatic rings. The Kier molecular flexibility index (Phi) is 11.2. The number of hydrogen-bond acceptors (Lipinski definition) is 4. The van der Waals surface area contributed by atoms with E-state index >= 15 is 0 Å². The lowest BCUT2D eigenvalue weighted by Crippen LogP contribution is -2.43. The third-order valence-electron chi connectivity index (χ3n) is 3.51. The number of aliphatic imine (C=N–C) groups is 1. The Morgan fingerprint density at radius 1 is 1.20 bits per heavy atom. The zero-order valence-corrected chi connectivity index (χ0v) is 17.3. The molecule has 0 saturated heterocycles. The second kappa shape index (κ2) is 12.0. The highest BCUT2D eigenvalue weighted by atomic mass is 16.6. The van der Waals surface area contributed by atoms with Crippen molar-refractivity contribution in [3.8, 4) is 0 Å². The second-order valence-electron chi connectivity index (χ2n) is 7.35. The summed E-state index contributed by atoms with van der Waals surface area (Å²) in [6.45, 7) is 14.6. The molecule has 0 aromatic rings. The normalized spacial score (nSPS) is 13.6. The highest BCUT2D eigenvalue weighted by Crippen LogP contribution is 2.10. The van der Waals surface area contributed by atoms with Crippen LogP contribution in [0.1, 0.15) is 48.0 Å². The number of amides is 1. The zero-order valence-electron chi connectivity index (χ0n) is 17.3. The SMILES string of the molecule is CCOC(CCNC(=NC)NCCN(C)C(=O)OC(C)(C)C)C(C)C. The molecule has 0 spiro atoms. The Balaban J connectivity index is 4.12. The van der Waals surface area contributed by atoms with Crippen molar-refractivity contribution >= 4 is 12.1 Å². The Hall–Kier alpha value is -1.50. The molecule has 0 aromatic carbocycles. The first kappa shape index (κ1) is 23.5. The lowest BCUT2D eigenvalue weighted by molar-refractivity contribution is 0.0257. The predicted molar refractivity (Wildman–Crippen MR) is 103 cm³/mol. The molecule has 148 valence electrons. The molecule has 0 saturated carbocycles. The van der Waals surface area contributed by atoms with Crippen molar-refractivity contribution in [3.63, 3.8) is 0 Å². The summed E-state index contributed by atoms with van der Waals surface area (Å²) in [5, 5.41) is 6.48. The number of rotatable bonds is 9. The van der Waals surface area contributed by atoms with E-state index in [4.69, 9.17) is 9.47 Å². The van der Waals surface area contributed by atoms with E-state index in [9.17, 15) is 4.79 Å². The maximum Gasteiger partial charge on any atom is 0.410 e. The first-order valence-corrected chi connectivity index (χ1v) is 9.11. The lowest BCUT2D eigenvalue weighted by atomic mass is 10.0. The third-order valence-corrected chi connectivity index (χ3v) is 3.51. The molecule has 0 fully saturated rings. The minimum atomic E-state index is -0.482. The molecule has 0 radical (unpaired) electrons. The summed E-state index contributed by atoms with van der Waals surface area (Å²) in [5.74, 6) is 1.20. The van der Waals surface area contributed by atoms with Crippen molar-refractivity contribution in [1.29, 1.82) is 0 Å². The van der Waals surface area contributed by atoms with Gasteiger partial charge in [0, 0.05) is 40.3 Å². The first-order valence-electron chi connectivity index (χ1n) is 9.11. The van der Waals surface area contributed by atoms with Crippen LogP contribution in [0.15, 0.2) is 4.99 Å². The van der Waals surface area contributed by atoms with Gasteiger partial charge < -0.3 is 25.0 Å². The van der Waals surface area contributed by atoms with Gasteiger partial charge in [0.05, 0.1) is 6.10 Å². The zero-order chi connectivity index (χ0) is 19.5. The van der Waals surface area contributed by atoms with E-state index < -0.39 is 5.60 Å². The fourth-order valence-electron chi connectivity index (χ4n) is 2.15. The van der Waals surface area contributed by atoms with Crippen molar-refractivity contribution in [2.45, 2.75) is 59.7 Å². The first-order chi connectivity index (χ1) is 11.6. The van der Waals surface area contributed by atoms with Crippen molar-refractivity contribution in [3.05, 3.63) is 0 Å². The molecular formula is C18H38N4O3. The molecule has 7 heteroatoms. The number of carbonyl (C=O) groups is 1. The molecule has 7 nitrogen and oxygen atoms in total. The summed E-state index contributed by atoms with van der Waals surface area (Å²) in [4.78, 5) is 17.6. The average Bonchev–Trinajstić information content (AvgIpc) is 2.50. The highest BCUT2D eigenvalue weighted by molar-refractivity contribution is 5.79. The van der Waals surface area contributed by atoms with Crippen molar-refractivity contribution < 1.29 is 14.3 Å². The average molecular weight is 359 g/mol. The van der Waals surface area contributed by atoms with Gasteiger partial charge in [0.2, 0.25) is 0 Å². The summed E-state index contributed by atoms with van der Waals surface area (Å²) in [6.07, 6.45) is 0.840. The minimum Gasteiger partial charge on any atom is -0.444 e. The second-order valence-corrected chi connectivity index (χ2v) is 7.35. The number of hydrogen-bond donors (Lipinski definition) is 2. The molecule has 1 atom stereocenters. The molecular weight excluding hydrogens is 320 g/mol. The highest BCUT2D eigenvalue weighted by Gasteiger charge is 2.19. The van der Waals surface area contributed by atoms with E-state index in [-0.39, 0.29) is 12.2 Å². The topological polar surface area (TPSA) is 75.2 Å². The number of carbonyl (C=O) groups excluding carboxylic acids is 1. The molecule has 2 N–H and O–H groups in total. The molecule has 0 heterocycles. The van der Waals surface area contributed by atoms with Crippen LogP contribution < -0.4 is 10.6 Å². The van der Waals surface area contributed by atoms with Gasteiger partial charge in [0.15, 0.2) is 5.96 Å². The van der Waals surface area contributed by atoms with Crippen LogP contribution in [-0.4, -0.2) is 69.0 Å². The summed E-state index contributed by atoms with van der Waals surface area (Å²) in [5.41, 5.74) is -0.482. The Morgan fingerprint density at radius 2 is 1.80 bits per heavy atom. The smallest absolute Gasteiger partial charge is 0.410 e. The van der Waals surface area contributed by atoms with E-state index in [1.165, 1.54) is 0 Å². The van der Waals surface area contributed by atoms with E-state index in [0.29, 0.717) is 19.0 Å². The third kappa shape index (κ3) is 11.6. The van der Waals surface area contributed by atoms with E-state index in [2.05, 4.69) is 29.5 Å². The van der Waals surface area contributed by atoms with Crippen LogP contribution in [0.4, 0.5) is 4.79 Å². The van der Waals surface area contributed by atoms with Crippen LogP contribution in [0, 0.1) is 5.92 Å². The summed E-state index contributed by atoms with van der Waals surface area (Å²) >= 11 is 0. The van der Waals surface area contributed by atoms with Gasteiger partial charge in [0.1, 0.15) is 5.60 Å². The minimum absolute atomic E-state index is 0.244. The molecule has 1 unspecified atom stereocenters. The van der Waals surface area contributed by atoms with Crippen LogP contribution in [0.25, 0.3) is 0 Å². The quantitative estimate of drug-likeness (QED) is 0.489. The Labute approximate surface area is 153 Å². The van der Waals surface area contributed by atoms with Gasteiger partial charge in [-0.25, -0.2) is 4.79 Å². The van der Waals surface area contributed by atoms with Gasteiger partial charge in [-0.3, -0.25) is 4.99 Å². The Morgan fingerprint density at radius 3 is 2.28 bits per heavy atom. The molecule has 1 amide bonds. The van der Waals surface area contributed by atoms with Crippen LogP contribution in [0.3, 0.4) is 0 Å². The number of nitrogens with one attached hydrogen (secondary N) is 2. The lowest BCUT2D eigenvalue weighted by Gasteiger charge is -2.25. The fraction of sp³-hybridized carbons (Fsp3) is 0.889. The van der Waals surface area contributed by atoms with Crippen LogP contribution >= 0.6 is 0 Å². The van der Waals surface area contributed by atoms with Gasteiger partial charge in [-0.05, 0) is 40.0 Å². The molecule has 0 aliphatic carbocycles. The molecule has 0 aliphatic heterocycles. The molecule has 0 bridgehead atoms. The Bertz CT molecular complexity index is 406. The van der Waals surface area contributed by atoms with Crippen LogP contribution in [0.5, 0.6) is 0 Å². The summed E-state index contributed by atoms with van der Waals surface area (Å²) in [6, 6.07) is 0. The summed E-state index contributed by atoms with van der Waals surface area (Å²) in [7, 11) is 3.46. The van der Waals surface area contributed by atoms with Crippen molar-refractivity contribution in [2.75, 3.05) is 40.3 Å². The predicted octanol–water partition coefficient (Wildman–Crippen LogP) is 2.47. The number of nitrogens with zero attached hydrogens (tertiary/aromatic N) is 2. The van der Waals surface area contributed by atoms with E-state index in [1.807, 2.05) is 27.7 Å². The van der Waals surface area contributed by atoms with E-state index in [0.717, 1.165) is 25.5 Å². The van der Waals surface area contributed by atoms with Gasteiger partial charge in [-0.2, -0.15) is 0 Å². The van der Waals surface area contributed by atoms with Gasteiger partial charge in [0.25, 0.3) is 0 Å². The molecule has 25 heavy (non-hydrogen) atoms.